The average molecular weight is 331 g/mol. The molecule has 0 aromatic carbocycles. The molecule has 1 aliphatic rings. The number of carbonyl (C=O) groups is 1. The Bertz CT molecular complexity index is 706. The predicted octanol–water partition coefficient (Wildman–Crippen LogP) is 1.94. The number of aromatic nitrogens is 4. The minimum atomic E-state index is -0.303. The lowest BCUT2D eigenvalue weighted by molar-refractivity contribution is 0.0526. The molecule has 0 radical (unpaired) electrons. The molecule has 1 saturated heterocycles. The van der Waals surface area contributed by atoms with Crippen LogP contribution in [0.3, 0.4) is 0 Å². The van der Waals surface area contributed by atoms with E-state index in [2.05, 4.69) is 28.2 Å². The number of esters is 1. The van der Waals surface area contributed by atoms with E-state index in [1.807, 2.05) is 29.5 Å². The van der Waals surface area contributed by atoms with Crippen molar-refractivity contribution in [2.24, 2.45) is 7.05 Å². The van der Waals surface area contributed by atoms with Crippen molar-refractivity contribution in [2.75, 3.05) is 19.7 Å². The van der Waals surface area contributed by atoms with Crippen LogP contribution >= 0.6 is 0 Å². The van der Waals surface area contributed by atoms with E-state index in [0.717, 1.165) is 38.2 Å². The zero-order valence-corrected chi connectivity index (χ0v) is 14.6. The number of likely N-dealkylation sites (tertiary alicyclic amines) is 1. The van der Waals surface area contributed by atoms with Gasteiger partial charge in [-0.15, -0.1) is 0 Å². The fraction of sp³-hybridized carbons (Fsp3) is 0.588. The zero-order chi connectivity index (χ0) is 17.1. The number of aryl methyl sites for hydroxylation is 2. The Hall–Kier alpha value is -2.15. The van der Waals surface area contributed by atoms with Gasteiger partial charge in [0.25, 0.3) is 0 Å². The van der Waals surface area contributed by atoms with Crippen LogP contribution in [-0.4, -0.2) is 50.1 Å². The molecular formula is C17H25N5O2. The van der Waals surface area contributed by atoms with Gasteiger partial charge in [0.2, 0.25) is 0 Å². The van der Waals surface area contributed by atoms with E-state index in [4.69, 9.17) is 4.74 Å². The first-order valence-corrected chi connectivity index (χ1v) is 8.49. The molecule has 0 amide bonds. The lowest BCUT2D eigenvalue weighted by Gasteiger charge is -2.32. The highest BCUT2D eigenvalue weighted by Gasteiger charge is 2.23. The highest BCUT2D eigenvalue weighted by atomic mass is 16.5. The van der Waals surface area contributed by atoms with Crippen LogP contribution in [0, 0.1) is 6.92 Å². The van der Waals surface area contributed by atoms with Gasteiger partial charge in [-0.05, 0) is 33.2 Å². The van der Waals surface area contributed by atoms with Gasteiger partial charge in [0, 0.05) is 38.1 Å². The SMILES string of the molecule is CCOC(=O)c1cnn(C2CCCN(Cc3cn(C)nc3C)C2)c1. The summed E-state index contributed by atoms with van der Waals surface area (Å²) in [5, 5.41) is 8.79. The molecule has 0 saturated carbocycles. The fourth-order valence-electron chi connectivity index (χ4n) is 3.29. The highest BCUT2D eigenvalue weighted by Crippen LogP contribution is 2.23. The smallest absolute Gasteiger partial charge is 0.341 e. The van der Waals surface area contributed by atoms with Crippen molar-refractivity contribution in [1.82, 2.24) is 24.5 Å². The Morgan fingerprint density at radius 3 is 2.96 bits per heavy atom. The van der Waals surface area contributed by atoms with E-state index in [1.165, 1.54) is 5.56 Å². The summed E-state index contributed by atoms with van der Waals surface area (Å²) in [7, 11) is 1.95. The highest BCUT2D eigenvalue weighted by molar-refractivity contribution is 5.88. The molecule has 1 unspecified atom stereocenters. The van der Waals surface area contributed by atoms with Crippen molar-refractivity contribution in [1.29, 1.82) is 0 Å². The maximum Gasteiger partial charge on any atom is 0.341 e. The van der Waals surface area contributed by atoms with Crippen LogP contribution in [0.1, 0.15) is 47.4 Å². The third-order valence-electron chi connectivity index (χ3n) is 4.48. The van der Waals surface area contributed by atoms with Crippen molar-refractivity contribution in [2.45, 2.75) is 39.3 Å². The number of nitrogens with zero attached hydrogens (tertiary/aromatic N) is 5. The van der Waals surface area contributed by atoms with Gasteiger partial charge in [-0.2, -0.15) is 10.2 Å². The molecule has 3 heterocycles. The van der Waals surface area contributed by atoms with E-state index in [-0.39, 0.29) is 5.97 Å². The minimum Gasteiger partial charge on any atom is -0.462 e. The van der Waals surface area contributed by atoms with E-state index in [1.54, 1.807) is 6.20 Å². The van der Waals surface area contributed by atoms with Crippen molar-refractivity contribution in [3.05, 3.63) is 35.4 Å². The van der Waals surface area contributed by atoms with Crippen molar-refractivity contribution < 1.29 is 9.53 Å². The summed E-state index contributed by atoms with van der Waals surface area (Å²) < 4.78 is 8.81. The van der Waals surface area contributed by atoms with Gasteiger partial charge in [0.15, 0.2) is 0 Å². The first-order valence-electron chi connectivity index (χ1n) is 8.49. The standard InChI is InChI=1S/C17H25N5O2/c1-4-24-17(23)14-8-18-22(11-14)16-6-5-7-21(12-16)10-15-9-20(3)19-13(15)2/h8-9,11,16H,4-7,10,12H2,1-3H3. The molecule has 0 bridgehead atoms. The number of rotatable bonds is 5. The summed E-state index contributed by atoms with van der Waals surface area (Å²) in [6, 6.07) is 0.291. The quantitative estimate of drug-likeness (QED) is 0.784. The molecule has 0 N–H and O–H groups in total. The third kappa shape index (κ3) is 3.67. The molecule has 0 spiro atoms. The summed E-state index contributed by atoms with van der Waals surface area (Å²) in [6.45, 7) is 7.15. The monoisotopic (exact) mass is 331 g/mol. The second-order valence-corrected chi connectivity index (χ2v) is 6.37. The maximum atomic E-state index is 11.8. The topological polar surface area (TPSA) is 65.2 Å². The molecular weight excluding hydrogens is 306 g/mol. The Labute approximate surface area is 142 Å². The summed E-state index contributed by atoms with van der Waals surface area (Å²) in [4.78, 5) is 14.2. The second kappa shape index (κ2) is 7.17. The number of piperidine rings is 1. The van der Waals surface area contributed by atoms with Gasteiger partial charge in [-0.25, -0.2) is 4.79 Å². The second-order valence-electron chi connectivity index (χ2n) is 6.37. The first-order chi connectivity index (χ1) is 11.6. The molecule has 0 aliphatic carbocycles. The van der Waals surface area contributed by atoms with E-state index >= 15 is 0 Å². The van der Waals surface area contributed by atoms with Gasteiger partial charge in [0.1, 0.15) is 0 Å². The minimum absolute atomic E-state index is 0.291. The molecule has 1 atom stereocenters. The van der Waals surface area contributed by atoms with Gasteiger partial charge in [0.05, 0.1) is 30.1 Å². The van der Waals surface area contributed by atoms with Crippen molar-refractivity contribution in [3.8, 4) is 0 Å². The van der Waals surface area contributed by atoms with Gasteiger partial charge < -0.3 is 4.74 Å². The molecule has 7 heteroatoms. The van der Waals surface area contributed by atoms with E-state index in [9.17, 15) is 4.79 Å². The molecule has 24 heavy (non-hydrogen) atoms. The Morgan fingerprint density at radius 2 is 2.25 bits per heavy atom. The zero-order valence-electron chi connectivity index (χ0n) is 14.6. The van der Waals surface area contributed by atoms with Crippen LogP contribution in [0.5, 0.6) is 0 Å². The Balaban J connectivity index is 1.65. The maximum absolute atomic E-state index is 11.8. The molecule has 7 nitrogen and oxygen atoms in total. The van der Waals surface area contributed by atoms with Crippen LogP contribution in [0.2, 0.25) is 0 Å². The van der Waals surface area contributed by atoms with Crippen LogP contribution < -0.4 is 0 Å². The Kier molecular flexibility index (Phi) is 4.99. The lowest BCUT2D eigenvalue weighted by Crippen LogP contribution is -2.36. The number of hydrogen-bond acceptors (Lipinski definition) is 5. The van der Waals surface area contributed by atoms with Crippen LogP contribution in [0.15, 0.2) is 18.6 Å². The fourth-order valence-corrected chi connectivity index (χ4v) is 3.29. The van der Waals surface area contributed by atoms with Gasteiger partial charge in [-0.1, -0.05) is 0 Å². The molecule has 2 aromatic rings. The van der Waals surface area contributed by atoms with Crippen LogP contribution in [0.25, 0.3) is 0 Å². The number of carbonyl (C=O) groups excluding carboxylic acids is 1. The summed E-state index contributed by atoms with van der Waals surface area (Å²) in [5.74, 6) is -0.303. The van der Waals surface area contributed by atoms with E-state index < -0.39 is 0 Å². The largest absolute Gasteiger partial charge is 0.462 e. The third-order valence-corrected chi connectivity index (χ3v) is 4.48. The lowest BCUT2D eigenvalue weighted by atomic mass is 10.1. The molecule has 1 aliphatic heterocycles. The summed E-state index contributed by atoms with van der Waals surface area (Å²) in [5.41, 5.74) is 2.88. The average Bonchev–Trinajstić information content (AvgIpc) is 3.15. The molecule has 2 aromatic heterocycles. The number of hydrogen-bond donors (Lipinski definition) is 0. The molecule has 3 rings (SSSR count). The van der Waals surface area contributed by atoms with E-state index in [0.29, 0.717) is 18.2 Å². The Morgan fingerprint density at radius 1 is 1.42 bits per heavy atom. The predicted molar refractivity (Wildman–Crippen MR) is 89.7 cm³/mol. The van der Waals surface area contributed by atoms with Crippen LogP contribution in [0.4, 0.5) is 0 Å². The number of ether oxygens (including phenoxy) is 1. The van der Waals surface area contributed by atoms with Crippen molar-refractivity contribution >= 4 is 5.97 Å². The van der Waals surface area contributed by atoms with Gasteiger partial charge >= 0.3 is 5.97 Å². The van der Waals surface area contributed by atoms with Gasteiger partial charge in [-0.3, -0.25) is 14.3 Å². The summed E-state index contributed by atoms with van der Waals surface area (Å²) in [6.07, 6.45) is 7.69. The van der Waals surface area contributed by atoms with Crippen molar-refractivity contribution in [3.63, 3.8) is 0 Å². The summed E-state index contributed by atoms with van der Waals surface area (Å²) >= 11 is 0. The molecule has 130 valence electrons. The first kappa shape index (κ1) is 16.7. The molecule has 1 fully saturated rings. The normalized spacial score (nSPS) is 18.7. The van der Waals surface area contributed by atoms with Crippen LogP contribution in [-0.2, 0) is 18.3 Å².